The summed E-state index contributed by atoms with van der Waals surface area (Å²) in [6.07, 6.45) is 17.8. The molecule has 2 aliphatic carbocycles. The molecule has 1 saturated carbocycles. The van der Waals surface area contributed by atoms with Gasteiger partial charge in [-0.3, -0.25) is 0 Å². The molecule has 0 saturated heterocycles. The van der Waals surface area contributed by atoms with Crippen LogP contribution < -0.4 is 0 Å². The summed E-state index contributed by atoms with van der Waals surface area (Å²) in [6, 6.07) is 0. The van der Waals surface area contributed by atoms with Crippen molar-refractivity contribution >= 4 is 0 Å². The second kappa shape index (κ2) is 7.48. The van der Waals surface area contributed by atoms with Crippen LogP contribution in [-0.4, -0.2) is 0 Å². The summed E-state index contributed by atoms with van der Waals surface area (Å²) in [5, 5.41) is 0. The van der Waals surface area contributed by atoms with Gasteiger partial charge in [0.15, 0.2) is 0 Å². The maximum absolute atomic E-state index is 2.50. The van der Waals surface area contributed by atoms with Gasteiger partial charge in [0, 0.05) is 0 Å². The van der Waals surface area contributed by atoms with Gasteiger partial charge in [0.25, 0.3) is 0 Å². The van der Waals surface area contributed by atoms with Gasteiger partial charge in [0.2, 0.25) is 0 Å². The summed E-state index contributed by atoms with van der Waals surface area (Å²) in [7, 11) is 0. The fourth-order valence-electron chi connectivity index (χ4n) is 4.76. The van der Waals surface area contributed by atoms with Crippen LogP contribution in [0.15, 0.2) is 24.3 Å². The normalized spacial score (nSPS) is 35.5. The Balaban J connectivity index is 2.15. The zero-order valence-corrected chi connectivity index (χ0v) is 14.0. The van der Waals surface area contributed by atoms with E-state index < -0.39 is 0 Å². The van der Waals surface area contributed by atoms with Crippen molar-refractivity contribution < 1.29 is 0 Å². The molecule has 5 atom stereocenters. The molecular formula is C20H34. The van der Waals surface area contributed by atoms with E-state index in [-0.39, 0.29) is 0 Å². The molecule has 0 aliphatic heterocycles. The molecule has 0 amide bonds. The topological polar surface area (TPSA) is 0 Å². The van der Waals surface area contributed by atoms with Gasteiger partial charge in [-0.15, -0.1) is 0 Å². The molecule has 0 nitrogen and oxygen atoms in total. The Hall–Kier alpha value is -0.520. The van der Waals surface area contributed by atoms with Crippen LogP contribution in [0.5, 0.6) is 0 Å². The predicted octanol–water partition coefficient (Wildman–Crippen LogP) is 6.24. The zero-order chi connectivity index (χ0) is 14.5. The summed E-state index contributed by atoms with van der Waals surface area (Å²) in [5.41, 5.74) is 0. The van der Waals surface area contributed by atoms with Crippen molar-refractivity contribution in [1.29, 1.82) is 0 Å². The molecule has 2 aliphatic rings. The summed E-state index contributed by atoms with van der Waals surface area (Å²) in [6.45, 7) is 9.75. The molecule has 0 heterocycles. The third-order valence-electron chi connectivity index (χ3n) is 5.81. The third kappa shape index (κ3) is 3.77. The molecule has 20 heavy (non-hydrogen) atoms. The molecule has 0 heteroatoms. The van der Waals surface area contributed by atoms with Crippen molar-refractivity contribution in [2.75, 3.05) is 0 Å². The fourth-order valence-corrected chi connectivity index (χ4v) is 4.76. The second-order valence-electron chi connectivity index (χ2n) is 7.66. The van der Waals surface area contributed by atoms with Crippen molar-refractivity contribution in [2.24, 2.45) is 35.5 Å². The van der Waals surface area contributed by atoms with Gasteiger partial charge >= 0.3 is 0 Å². The predicted molar refractivity (Wildman–Crippen MR) is 89.6 cm³/mol. The highest BCUT2D eigenvalue weighted by atomic mass is 14.4. The van der Waals surface area contributed by atoms with Crippen molar-refractivity contribution in [3.8, 4) is 0 Å². The van der Waals surface area contributed by atoms with Gasteiger partial charge in [0.05, 0.1) is 0 Å². The first-order valence-corrected chi connectivity index (χ1v) is 8.96. The SMILES string of the molecule is CCC[C@@H]([C@@H]1C[C@H](C)CCC1C(C)C)[C@H]1C=CC=CC1. The van der Waals surface area contributed by atoms with E-state index in [9.17, 15) is 0 Å². The number of hydrogen-bond donors (Lipinski definition) is 0. The molecule has 1 unspecified atom stereocenters. The first-order chi connectivity index (χ1) is 9.63. The lowest BCUT2D eigenvalue weighted by Crippen LogP contribution is -2.36. The Bertz CT molecular complexity index is 336. The van der Waals surface area contributed by atoms with E-state index in [1.165, 1.54) is 38.5 Å². The lowest BCUT2D eigenvalue weighted by molar-refractivity contribution is 0.0673. The highest BCUT2D eigenvalue weighted by Gasteiger charge is 2.37. The van der Waals surface area contributed by atoms with Crippen molar-refractivity contribution in [1.82, 2.24) is 0 Å². The van der Waals surface area contributed by atoms with Crippen LogP contribution in [0, 0.1) is 35.5 Å². The molecule has 2 rings (SSSR count). The number of allylic oxidation sites excluding steroid dienone is 4. The standard InChI is InChI=1S/C20H34/c1-5-9-19(17-10-7-6-8-11-17)20-14-16(4)12-13-18(20)15(2)3/h6-8,10,15-20H,5,9,11-14H2,1-4H3/t16-,17+,18?,19-,20-/m1/s1. The summed E-state index contributed by atoms with van der Waals surface area (Å²) in [5.74, 6) is 5.43. The first kappa shape index (κ1) is 15.9. The first-order valence-electron chi connectivity index (χ1n) is 8.96. The molecule has 0 radical (unpaired) electrons. The number of rotatable bonds is 5. The summed E-state index contributed by atoms with van der Waals surface area (Å²) < 4.78 is 0. The Morgan fingerprint density at radius 2 is 1.90 bits per heavy atom. The third-order valence-corrected chi connectivity index (χ3v) is 5.81. The Morgan fingerprint density at radius 1 is 1.10 bits per heavy atom. The fraction of sp³-hybridized carbons (Fsp3) is 0.800. The molecule has 1 fully saturated rings. The Labute approximate surface area is 126 Å². The second-order valence-corrected chi connectivity index (χ2v) is 7.66. The molecule has 0 spiro atoms. The quantitative estimate of drug-likeness (QED) is 0.556. The minimum absolute atomic E-state index is 0.802. The van der Waals surface area contributed by atoms with Gasteiger partial charge in [-0.05, 0) is 61.2 Å². The van der Waals surface area contributed by atoms with Crippen LogP contribution in [0.3, 0.4) is 0 Å². The minimum atomic E-state index is 0.802. The highest BCUT2D eigenvalue weighted by Crippen LogP contribution is 2.46. The highest BCUT2D eigenvalue weighted by molar-refractivity contribution is 5.12. The van der Waals surface area contributed by atoms with E-state index in [0.717, 1.165) is 35.5 Å². The van der Waals surface area contributed by atoms with Gasteiger partial charge in [-0.2, -0.15) is 0 Å². The molecule has 0 N–H and O–H groups in total. The van der Waals surface area contributed by atoms with E-state index in [2.05, 4.69) is 52.0 Å². The van der Waals surface area contributed by atoms with Crippen LogP contribution in [0.4, 0.5) is 0 Å². The van der Waals surface area contributed by atoms with E-state index >= 15 is 0 Å². The van der Waals surface area contributed by atoms with Crippen molar-refractivity contribution in [2.45, 2.75) is 66.2 Å². The average molecular weight is 274 g/mol. The average Bonchev–Trinajstić information content (AvgIpc) is 2.45. The molecule has 0 aromatic rings. The van der Waals surface area contributed by atoms with Crippen LogP contribution in [0.1, 0.15) is 66.2 Å². The van der Waals surface area contributed by atoms with Crippen LogP contribution in [0.2, 0.25) is 0 Å². The Kier molecular flexibility index (Phi) is 5.93. The van der Waals surface area contributed by atoms with E-state index in [0.29, 0.717) is 0 Å². The van der Waals surface area contributed by atoms with Gasteiger partial charge in [-0.1, -0.05) is 64.8 Å². The zero-order valence-electron chi connectivity index (χ0n) is 14.0. The molecule has 0 bridgehead atoms. The lowest BCUT2D eigenvalue weighted by atomic mass is 9.61. The Morgan fingerprint density at radius 3 is 2.50 bits per heavy atom. The monoisotopic (exact) mass is 274 g/mol. The van der Waals surface area contributed by atoms with Crippen molar-refractivity contribution in [3.05, 3.63) is 24.3 Å². The van der Waals surface area contributed by atoms with E-state index in [1.807, 2.05) is 0 Å². The summed E-state index contributed by atoms with van der Waals surface area (Å²) >= 11 is 0. The maximum Gasteiger partial charge on any atom is -0.0165 e. The molecule has 0 aromatic heterocycles. The molecule has 114 valence electrons. The van der Waals surface area contributed by atoms with E-state index in [1.54, 1.807) is 0 Å². The largest absolute Gasteiger partial charge is 0.0840 e. The number of hydrogen-bond acceptors (Lipinski definition) is 0. The van der Waals surface area contributed by atoms with Gasteiger partial charge in [0.1, 0.15) is 0 Å². The van der Waals surface area contributed by atoms with Gasteiger partial charge < -0.3 is 0 Å². The van der Waals surface area contributed by atoms with Gasteiger partial charge in [-0.25, -0.2) is 0 Å². The molecule has 0 aromatic carbocycles. The lowest BCUT2D eigenvalue weighted by Gasteiger charge is -2.44. The van der Waals surface area contributed by atoms with Crippen LogP contribution in [-0.2, 0) is 0 Å². The summed E-state index contributed by atoms with van der Waals surface area (Å²) in [4.78, 5) is 0. The minimum Gasteiger partial charge on any atom is -0.0840 e. The smallest absolute Gasteiger partial charge is 0.0165 e. The molecular weight excluding hydrogens is 240 g/mol. The van der Waals surface area contributed by atoms with Crippen LogP contribution >= 0.6 is 0 Å². The van der Waals surface area contributed by atoms with E-state index in [4.69, 9.17) is 0 Å². The van der Waals surface area contributed by atoms with Crippen LogP contribution in [0.25, 0.3) is 0 Å². The van der Waals surface area contributed by atoms with Crippen molar-refractivity contribution in [3.63, 3.8) is 0 Å². The maximum atomic E-state index is 2.50.